The van der Waals surface area contributed by atoms with Crippen LogP contribution in [0.25, 0.3) is 6.08 Å². The number of rotatable bonds is 12. The van der Waals surface area contributed by atoms with Gasteiger partial charge < -0.3 is 9.47 Å². The van der Waals surface area contributed by atoms with E-state index in [4.69, 9.17) is 21.1 Å². The fourth-order valence-electron chi connectivity index (χ4n) is 3.82. The van der Waals surface area contributed by atoms with Gasteiger partial charge in [0.1, 0.15) is 5.57 Å². The van der Waals surface area contributed by atoms with E-state index >= 15 is 0 Å². The second-order valence-electron chi connectivity index (χ2n) is 8.39. The summed E-state index contributed by atoms with van der Waals surface area (Å²) in [6.07, 6.45) is 7.91. The highest BCUT2D eigenvalue weighted by molar-refractivity contribution is 6.39. The number of nitrogens with zero attached hydrogens (tertiary/aromatic N) is 2. The number of methoxy groups -OCH3 is 1. The summed E-state index contributed by atoms with van der Waals surface area (Å²) < 4.78 is 11.3. The van der Waals surface area contributed by atoms with Gasteiger partial charge in [0.15, 0.2) is 11.5 Å². The molecule has 0 spiro atoms. The number of benzene rings is 2. The summed E-state index contributed by atoms with van der Waals surface area (Å²) >= 11 is 6.43. The molecule has 2 aromatic rings. The molecule has 3 rings (SSSR count). The highest BCUT2D eigenvalue weighted by Crippen LogP contribution is 2.37. The van der Waals surface area contributed by atoms with E-state index < -0.39 is 22.8 Å². The van der Waals surface area contributed by atoms with Gasteiger partial charge in [-0.1, -0.05) is 56.7 Å². The Labute approximate surface area is 219 Å². The van der Waals surface area contributed by atoms with Crippen LogP contribution in [0.2, 0.25) is 5.02 Å². The number of imide groups is 2. The molecule has 11 heteroatoms. The van der Waals surface area contributed by atoms with Crippen LogP contribution in [-0.2, 0) is 9.59 Å². The molecule has 2 aromatic carbocycles. The first kappa shape index (κ1) is 27.7. The summed E-state index contributed by atoms with van der Waals surface area (Å²) in [6, 6.07) is 7.05. The fraction of sp³-hybridized carbons (Fsp3) is 0.346. The predicted molar refractivity (Wildman–Crippen MR) is 139 cm³/mol. The Hall–Kier alpha value is -3.92. The number of ether oxygens (including phenoxy) is 2. The zero-order valence-electron chi connectivity index (χ0n) is 20.6. The minimum Gasteiger partial charge on any atom is -0.493 e. The fourth-order valence-corrected chi connectivity index (χ4v) is 4.10. The highest BCUT2D eigenvalue weighted by Gasteiger charge is 2.37. The summed E-state index contributed by atoms with van der Waals surface area (Å²) in [5.74, 6) is -1.17. The van der Waals surface area contributed by atoms with Gasteiger partial charge in [-0.2, -0.15) is 0 Å². The molecule has 4 amide bonds. The molecule has 0 saturated carbocycles. The van der Waals surface area contributed by atoms with E-state index in [1.165, 1.54) is 56.7 Å². The number of amides is 4. The highest BCUT2D eigenvalue weighted by atomic mass is 35.5. The summed E-state index contributed by atoms with van der Waals surface area (Å²) in [4.78, 5) is 49.2. The van der Waals surface area contributed by atoms with Crippen LogP contribution in [0, 0.1) is 10.1 Å². The third kappa shape index (κ3) is 6.85. The maximum atomic E-state index is 13.1. The Balaban J connectivity index is 1.82. The van der Waals surface area contributed by atoms with Gasteiger partial charge in [-0.25, -0.2) is 9.69 Å². The van der Waals surface area contributed by atoms with Gasteiger partial charge in [-0.3, -0.25) is 25.0 Å². The molecular formula is C26H28ClN3O7. The number of unbranched alkanes of at least 4 members (excludes halogenated alkanes) is 5. The van der Waals surface area contributed by atoms with Crippen molar-refractivity contribution in [2.45, 2.75) is 45.4 Å². The first-order chi connectivity index (χ1) is 17.8. The number of nitro groups is 1. The summed E-state index contributed by atoms with van der Waals surface area (Å²) in [7, 11) is 1.45. The minimum atomic E-state index is -1.01. The topological polar surface area (TPSA) is 128 Å². The molecule has 0 bridgehead atoms. The van der Waals surface area contributed by atoms with Crippen LogP contribution in [0.1, 0.15) is 51.0 Å². The van der Waals surface area contributed by atoms with E-state index in [1.807, 2.05) is 0 Å². The Kier molecular flexibility index (Phi) is 9.62. The van der Waals surface area contributed by atoms with E-state index in [2.05, 4.69) is 12.2 Å². The van der Waals surface area contributed by atoms with E-state index in [0.717, 1.165) is 25.3 Å². The number of anilines is 1. The van der Waals surface area contributed by atoms with Gasteiger partial charge >= 0.3 is 6.03 Å². The molecule has 196 valence electrons. The quantitative estimate of drug-likeness (QED) is 0.123. The molecule has 1 fully saturated rings. The van der Waals surface area contributed by atoms with Crippen LogP contribution in [0.5, 0.6) is 11.5 Å². The van der Waals surface area contributed by atoms with Gasteiger partial charge in [0.25, 0.3) is 17.5 Å². The van der Waals surface area contributed by atoms with Crippen molar-refractivity contribution in [3.8, 4) is 11.5 Å². The zero-order valence-corrected chi connectivity index (χ0v) is 21.4. The number of carbonyl (C=O) groups excluding carboxylic acids is 3. The molecule has 1 aliphatic rings. The Morgan fingerprint density at radius 3 is 2.51 bits per heavy atom. The van der Waals surface area contributed by atoms with Crippen LogP contribution in [0.15, 0.2) is 42.0 Å². The third-order valence-electron chi connectivity index (χ3n) is 5.71. The standard InChI is InChI=1S/C26H28ClN3O7/c1-3-4-5-6-7-8-12-37-23-21(27)14-17(15-22(23)36-2)13-20-24(31)28-26(33)29(25(20)32)18-10-9-11-19(16-18)30(34)35/h9-11,13-16H,3-8,12H2,1-2H3,(H,28,31,33)/b20-13-. The van der Waals surface area contributed by atoms with Gasteiger partial charge in [0, 0.05) is 12.1 Å². The molecular weight excluding hydrogens is 502 g/mol. The molecule has 10 nitrogen and oxygen atoms in total. The monoisotopic (exact) mass is 529 g/mol. The summed E-state index contributed by atoms with van der Waals surface area (Å²) in [5, 5.41) is 13.4. The predicted octanol–water partition coefficient (Wildman–Crippen LogP) is 5.66. The van der Waals surface area contributed by atoms with Crippen molar-refractivity contribution in [1.82, 2.24) is 5.32 Å². The van der Waals surface area contributed by atoms with Crippen molar-refractivity contribution in [3.63, 3.8) is 0 Å². The lowest BCUT2D eigenvalue weighted by Crippen LogP contribution is -2.54. The molecule has 37 heavy (non-hydrogen) atoms. The maximum absolute atomic E-state index is 13.1. The Bertz CT molecular complexity index is 1230. The Morgan fingerprint density at radius 2 is 1.81 bits per heavy atom. The van der Waals surface area contributed by atoms with Crippen molar-refractivity contribution >= 4 is 46.9 Å². The van der Waals surface area contributed by atoms with E-state index in [-0.39, 0.29) is 22.0 Å². The van der Waals surface area contributed by atoms with Crippen molar-refractivity contribution in [2.75, 3.05) is 18.6 Å². The lowest BCUT2D eigenvalue weighted by Gasteiger charge is -2.26. The molecule has 1 aliphatic heterocycles. The largest absolute Gasteiger partial charge is 0.493 e. The summed E-state index contributed by atoms with van der Waals surface area (Å²) in [5.41, 5.74) is -0.358. The lowest BCUT2D eigenvalue weighted by atomic mass is 10.1. The number of hydrogen-bond acceptors (Lipinski definition) is 7. The average Bonchev–Trinajstić information content (AvgIpc) is 2.86. The van der Waals surface area contributed by atoms with Crippen LogP contribution < -0.4 is 19.7 Å². The number of nitro benzene ring substituents is 1. The number of nitrogens with one attached hydrogen (secondary N) is 1. The van der Waals surface area contributed by atoms with Crippen LogP contribution in [0.3, 0.4) is 0 Å². The van der Waals surface area contributed by atoms with Gasteiger partial charge in [-0.05, 0) is 36.3 Å². The molecule has 0 radical (unpaired) electrons. The molecule has 1 heterocycles. The van der Waals surface area contributed by atoms with Crippen LogP contribution >= 0.6 is 11.6 Å². The smallest absolute Gasteiger partial charge is 0.335 e. The number of urea groups is 1. The lowest BCUT2D eigenvalue weighted by molar-refractivity contribution is -0.384. The first-order valence-corrected chi connectivity index (χ1v) is 12.3. The van der Waals surface area contributed by atoms with Crippen molar-refractivity contribution in [3.05, 3.63) is 62.7 Å². The average molecular weight is 530 g/mol. The third-order valence-corrected chi connectivity index (χ3v) is 5.99. The molecule has 0 aromatic heterocycles. The molecule has 1 saturated heterocycles. The molecule has 0 aliphatic carbocycles. The second-order valence-corrected chi connectivity index (χ2v) is 8.79. The minimum absolute atomic E-state index is 0.0517. The van der Waals surface area contributed by atoms with Gasteiger partial charge in [0.2, 0.25) is 0 Å². The van der Waals surface area contributed by atoms with Crippen LogP contribution in [-0.4, -0.2) is 36.5 Å². The number of non-ortho nitro benzene ring substituents is 1. The first-order valence-electron chi connectivity index (χ1n) is 11.9. The number of halogens is 1. The van der Waals surface area contributed by atoms with E-state index in [9.17, 15) is 24.5 Å². The normalized spacial score (nSPS) is 14.6. The van der Waals surface area contributed by atoms with Gasteiger partial charge in [0.05, 0.1) is 29.4 Å². The maximum Gasteiger partial charge on any atom is 0.335 e. The SMILES string of the molecule is CCCCCCCCOc1c(Cl)cc(/C=C2/C(=O)NC(=O)N(c3cccc([N+](=O)[O-])c3)C2=O)cc1OC. The molecule has 0 atom stereocenters. The number of hydrogen-bond donors (Lipinski definition) is 1. The summed E-state index contributed by atoms with van der Waals surface area (Å²) in [6.45, 7) is 2.63. The van der Waals surface area contributed by atoms with E-state index in [0.29, 0.717) is 28.6 Å². The second kappa shape index (κ2) is 12.9. The number of carbonyl (C=O) groups is 3. The van der Waals surface area contributed by atoms with E-state index in [1.54, 1.807) is 6.07 Å². The molecule has 1 N–H and O–H groups in total. The Morgan fingerprint density at radius 1 is 1.08 bits per heavy atom. The van der Waals surface area contributed by atoms with Crippen LogP contribution in [0.4, 0.5) is 16.2 Å². The molecule has 0 unspecified atom stereocenters. The van der Waals surface area contributed by atoms with Crippen molar-refractivity contribution < 1.29 is 28.8 Å². The number of barbiturate groups is 1. The zero-order chi connectivity index (χ0) is 26.9. The van der Waals surface area contributed by atoms with Gasteiger partial charge in [-0.15, -0.1) is 0 Å². The van der Waals surface area contributed by atoms with Crippen molar-refractivity contribution in [1.29, 1.82) is 0 Å². The van der Waals surface area contributed by atoms with Crippen molar-refractivity contribution in [2.24, 2.45) is 0 Å².